The molecule has 0 aliphatic carbocycles. The first-order chi connectivity index (χ1) is 11.2. The van der Waals surface area contributed by atoms with Gasteiger partial charge in [-0.05, 0) is 36.5 Å². The lowest BCUT2D eigenvalue weighted by molar-refractivity contribution is 0.331. The fourth-order valence-electron chi connectivity index (χ4n) is 2.31. The van der Waals surface area contributed by atoms with Crippen LogP contribution in [0, 0.1) is 6.92 Å². The van der Waals surface area contributed by atoms with Crippen molar-refractivity contribution in [1.82, 2.24) is 15.5 Å². The van der Waals surface area contributed by atoms with E-state index in [-0.39, 0.29) is 24.0 Å². The average molecular weight is 458 g/mol. The highest BCUT2D eigenvalue weighted by Crippen LogP contribution is 2.14. The monoisotopic (exact) mass is 458 g/mol. The summed E-state index contributed by atoms with van der Waals surface area (Å²) in [5, 5.41) is 8.86. The number of benzene rings is 1. The minimum absolute atomic E-state index is 0. The highest BCUT2D eigenvalue weighted by molar-refractivity contribution is 14.0. The third-order valence-electron chi connectivity index (χ3n) is 3.69. The molecule has 0 aliphatic heterocycles. The molecule has 1 heterocycles. The Morgan fingerprint density at radius 2 is 1.92 bits per heavy atom. The van der Waals surface area contributed by atoms with Crippen LogP contribution in [0.2, 0.25) is 0 Å². The van der Waals surface area contributed by atoms with Crippen LogP contribution in [0.1, 0.15) is 16.0 Å². The topological polar surface area (TPSA) is 39.7 Å². The van der Waals surface area contributed by atoms with E-state index in [1.54, 1.807) is 11.3 Å². The van der Waals surface area contributed by atoms with Gasteiger partial charge in [0.15, 0.2) is 5.96 Å². The highest BCUT2D eigenvalue weighted by atomic mass is 127. The fourth-order valence-corrected chi connectivity index (χ4v) is 3.15. The molecule has 24 heavy (non-hydrogen) atoms. The van der Waals surface area contributed by atoms with Crippen molar-refractivity contribution in [2.75, 3.05) is 27.2 Å². The first-order valence-corrected chi connectivity index (χ1v) is 8.77. The average Bonchev–Trinajstić information content (AvgIpc) is 2.97. The van der Waals surface area contributed by atoms with Crippen LogP contribution in [0.3, 0.4) is 0 Å². The summed E-state index contributed by atoms with van der Waals surface area (Å²) in [5.41, 5.74) is 2.67. The van der Waals surface area contributed by atoms with E-state index in [9.17, 15) is 0 Å². The van der Waals surface area contributed by atoms with E-state index in [0.29, 0.717) is 0 Å². The SMILES string of the molecule is CN=C(NCCN(C)Cc1ccccc1)NCc1sccc1C.I. The molecule has 0 radical (unpaired) electrons. The summed E-state index contributed by atoms with van der Waals surface area (Å²) in [6.45, 7) is 5.76. The molecule has 1 aromatic carbocycles. The van der Waals surface area contributed by atoms with Crippen molar-refractivity contribution in [3.63, 3.8) is 0 Å². The Morgan fingerprint density at radius 3 is 2.54 bits per heavy atom. The second kappa shape index (κ2) is 11.4. The van der Waals surface area contributed by atoms with Crippen LogP contribution in [-0.2, 0) is 13.1 Å². The molecule has 0 saturated carbocycles. The van der Waals surface area contributed by atoms with E-state index in [4.69, 9.17) is 0 Å². The first kappa shape index (κ1) is 20.9. The molecule has 0 saturated heterocycles. The predicted molar refractivity (Wildman–Crippen MR) is 115 cm³/mol. The van der Waals surface area contributed by atoms with Gasteiger partial charge in [0, 0.05) is 31.6 Å². The van der Waals surface area contributed by atoms with Gasteiger partial charge in [-0.2, -0.15) is 0 Å². The number of thiophene rings is 1. The van der Waals surface area contributed by atoms with Crippen LogP contribution in [0.4, 0.5) is 0 Å². The van der Waals surface area contributed by atoms with Gasteiger partial charge in [0.2, 0.25) is 0 Å². The Labute approximate surface area is 166 Å². The lowest BCUT2D eigenvalue weighted by Gasteiger charge is -2.18. The summed E-state index contributed by atoms with van der Waals surface area (Å²) in [5.74, 6) is 0.853. The molecule has 1 aromatic heterocycles. The number of halogens is 1. The Hall–Kier alpha value is -1.12. The molecule has 0 spiro atoms. The molecular formula is C18H27IN4S. The van der Waals surface area contributed by atoms with E-state index in [0.717, 1.165) is 32.1 Å². The number of hydrogen-bond donors (Lipinski definition) is 2. The van der Waals surface area contributed by atoms with Crippen LogP contribution in [0.15, 0.2) is 46.8 Å². The van der Waals surface area contributed by atoms with E-state index < -0.39 is 0 Å². The Kier molecular flexibility index (Phi) is 9.97. The van der Waals surface area contributed by atoms with Gasteiger partial charge in [0.05, 0.1) is 6.54 Å². The minimum atomic E-state index is 0. The maximum atomic E-state index is 4.28. The lowest BCUT2D eigenvalue weighted by Crippen LogP contribution is -2.40. The molecule has 2 N–H and O–H groups in total. The molecule has 4 nitrogen and oxygen atoms in total. The van der Waals surface area contributed by atoms with Crippen molar-refractivity contribution >= 4 is 41.3 Å². The molecule has 6 heteroatoms. The van der Waals surface area contributed by atoms with Crippen molar-refractivity contribution in [1.29, 1.82) is 0 Å². The number of rotatable bonds is 7. The van der Waals surface area contributed by atoms with Gasteiger partial charge in [-0.25, -0.2) is 0 Å². The standard InChI is InChI=1S/C18H26N4S.HI/c1-15-9-12-23-17(15)13-21-18(19-2)20-10-11-22(3)14-16-7-5-4-6-8-16;/h4-9,12H,10-11,13-14H2,1-3H3,(H2,19,20,21);1H. The second-order valence-corrected chi connectivity index (χ2v) is 6.60. The molecule has 0 unspecified atom stereocenters. The van der Waals surface area contributed by atoms with Gasteiger partial charge in [0.1, 0.15) is 0 Å². The fraction of sp³-hybridized carbons (Fsp3) is 0.389. The molecule has 0 aliphatic rings. The third kappa shape index (κ3) is 7.19. The summed E-state index contributed by atoms with van der Waals surface area (Å²) in [6, 6.07) is 12.7. The van der Waals surface area contributed by atoms with E-state index in [1.807, 2.05) is 7.05 Å². The maximum Gasteiger partial charge on any atom is 0.191 e. The van der Waals surface area contributed by atoms with Crippen LogP contribution in [0.5, 0.6) is 0 Å². The summed E-state index contributed by atoms with van der Waals surface area (Å²) >= 11 is 1.78. The van der Waals surface area contributed by atoms with Crippen molar-refractivity contribution in [3.05, 3.63) is 57.8 Å². The predicted octanol–water partition coefficient (Wildman–Crippen LogP) is 3.47. The quantitative estimate of drug-likeness (QED) is 0.379. The van der Waals surface area contributed by atoms with Crippen LogP contribution in [0.25, 0.3) is 0 Å². The van der Waals surface area contributed by atoms with Crippen LogP contribution < -0.4 is 10.6 Å². The van der Waals surface area contributed by atoms with Crippen molar-refractivity contribution in [2.24, 2.45) is 4.99 Å². The van der Waals surface area contributed by atoms with Gasteiger partial charge in [0.25, 0.3) is 0 Å². The molecular weight excluding hydrogens is 431 g/mol. The smallest absolute Gasteiger partial charge is 0.191 e. The zero-order chi connectivity index (χ0) is 16.5. The number of likely N-dealkylation sites (N-methyl/N-ethyl adjacent to an activating group) is 1. The Morgan fingerprint density at radius 1 is 1.17 bits per heavy atom. The molecule has 2 aromatic rings. The Balaban J connectivity index is 0.00000288. The third-order valence-corrected chi connectivity index (χ3v) is 4.71. The van der Waals surface area contributed by atoms with Crippen molar-refractivity contribution in [2.45, 2.75) is 20.0 Å². The Bertz CT molecular complexity index is 612. The summed E-state index contributed by atoms with van der Waals surface area (Å²) < 4.78 is 0. The van der Waals surface area contributed by atoms with Crippen molar-refractivity contribution in [3.8, 4) is 0 Å². The maximum absolute atomic E-state index is 4.28. The number of aryl methyl sites for hydroxylation is 1. The van der Waals surface area contributed by atoms with Gasteiger partial charge in [-0.1, -0.05) is 30.3 Å². The van der Waals surface area contributed by atoms with E-state index in [1.165, 1.54) is 16.0 Å². The zero-order valence-corrected chi connectivity index (χ0v) is 17.7. The lowest BCUT2D eigenvalue weighted by atomic mass is 10.2. The highest BCUT2D eigenvalue weighted by Gasteiger charge is 2.03. The number of nitrogens with one attached hydrogen (secondary N) is 2. The van der Waals surface area contributed by atoms with Crippen LogP contribution >= 0.6 is 35.3 Å². The minimum Gasteiger partial charge on any atom is -0.355 e. The molecule has 0 atom stereocenters. The second-order valence-electron chi connectivity index (χ2n) is 5.60. The normalized spacial score (nSPS) is 11.2. The van der Waals surface area contributed by atoms with Crippen molar-refractivity contribution < 1.29 is 0 Å². The van der Waals surface area contributed by atoms with Gasteiger partial charge in [-0.3, -0.25) is 4.99 Å². The van der Waals surface area contributed by atoms with Gasteiger partial charge < -0.3 is 15.5 Å². The summed E-state index contributed by atoms with van der Waals surface area (Å²) in [7, 11) is 3.95. The summed E-state index contributed by atoms with van der Waals surface area (Å²) in [6.07, 6.45) is 0. The zero-order valence-electron chi connectivity index (χ0n) is 14.6. The molecule has 2 rings (SSSR count). The van der Waals surface area contributed by atoms with Gasteiger partial charge in [-0.15, -0.1) is 35.3 Å². The largest absolute Gasteiger partial charge is 0.355 e. The summed E-state index contributed by atoms with van der Waals surface area (Å²) in [4.78, 5) is 7.94. The van der Waals surface area contributed by atoms with E-state index >= 15 is 0 Å². The van der Waals surface area contributed by atoms with Gasteiger partial charge >= 0.3 is 0 Å². The number of hydrogen-bond acceptors (Lipinski definition) is 3. The molecule has 0 bridgehead atoms. The molecule has 0 amide bonds. The first-order valence-electron chi connectivity index (χ1n) is 7.89. The van der Waals surface area contributed by atoms with Crippen LogP contribution in [-0.4, -0.2) is 38.0 Å². The molecule has 0 fully saturated rings. The molecule has 132 valence electrons. The number of guanidine groups is 1. The number of aliphatic imine (C=N–C) groups is 1. The number of nitrogens with zero attached hydrogens (tertiary/aromatic N) is 2. The van der Waals surface area contributed by atoms with E-state index in [2.05, 4.69) is 76.3 Å².